The molecule has 1 aliphatic rings. The highest BCUT2D eigenvalue weighted by atomic mass is 32.2. The predicted octanol–water partition coefficient (Wildman–Crippen LogP) is 2.88. The first-order valence-electron chi connectivity index (χ1n) is 14.4. The Balaban J connectivity index is 2.64. The average molecular weight is 597 g/mol. The summed E-state index contributed by atoms with van der Waals surface area (Å²) in [5, 5.41) is -0.464. The van der Waals surface area contributed by atoms with Crippen LogP contribution in [-0.4, -0.2) is 120 Å². The van der Waals surface area contributed by atoms with Crippen LogP contribution in [0.1, 0.15) is 80.1 Å². The molecule has 0 saturated carbocycles. The van der Waals surface area contributed by atoms with E-state index in [0.29, 0.717) is 31.7 Å². The van der Waals surface area contributed by atoms with E-state index in [1.165, 1.54) is 21.6 Å². The summed E-state index contributed by atoms with van der Waals surface area (Å²) in [7, 11) is 7.10. The minimum atomic E-state index is -0.867. The largest absolute Gasteiger partial charge is 0.343 e. The molecule has 1 aliphatic heterocycles. The molecule has 0 radical (unpaired) electrons. The van der Waals surface area contributed by atoms with E-state index in [9.17, 15) is 28.8 Å². The van der Waals surface area contributed by atoms with E-state index in [0.717, 1.165) is 0 Å². The number of rotatable bonds is 16. The number of likely N-dealkylation sites (tertiary alicyclic amines) is 1. The molecule has 10 nitrogen and oxygen atoms in total. The summed E-state index contributed by atoms with van der Waals surface area (Å²) in [4.78, 5) is 82.6. The SMILES string of the molecule is CN(C)CCN(C)C(=O)C(CC(=O)C(C)(C)C)N(C)C(=O)CCCCSC1CC(=O)N(CCC(=O)C(C)(C)C)C1=O. The van der Waals surface area contributed by atoms with Crippen molar-refractivity contribution in [2.75, 3.05) is 53.6 Å². The zero-order chi connectivity index (χ0) is 31.7. The molecule has 0 bridgehead atoms. The number of unbranched alkanes of at least 4 members (excludes halogenated alkanes) is 1. The van der Waals surface area contributed by atoms with Gasteiger partial charge in [0.05, 0.1) is 5.25 Å². The number of ketones is 2. The number of carbonyl (C=O) groups excluding carboxylic acids is 6. The Morgan fingerprint density at radius 1 is 0.878 bits per heavy atom. The molecule has 0 N–H and O–H groups in total. The summed E-state index contributed by atoms with van der Waals surface area (Å²) in [6.07, 6.45) is 1.67. The van der Waals surface area contributed by atoms with Crippen LogP contribution in [0.4, 0.5) is 0 Å². The third-order valence-electron chi connectivity index (χ3n) is 7.33. The quantitative estimate of drug-likeness (QED) is 0.197. The lowest BCUT2D eigenvalue weighted by molar-refractivity contribution is -0.146. The third-order valence-corrected chi connectivity index (χ3v) is 8.62. The Hall–Kier alpha value is -2.27. The second-order valence-electron chi connectivity index (χ2n) is 13.3. The number of hydrogen-bond donors (Lipinski definition) is 0. The first-order chi connectivity index (χ1) is 18.8. The van der Waals surface area contributed by atoms with Crippen molar-refractivity contribution in [1.82, 2.24) is 19.6 Å². The smallest absolute Gasteiger partial charge is 0.245 e. The number of likely N-dealkylation sites (N-methyl/N-ethyl adjacent to an activating group) is 3. The summed E-state index contributed by atoms with van der Waals surface area (Å²) in [5.41, 5.74) is -1.14. The van der Waals surface area contributed by atoms with Crippen molar-refractivity contribution < 1.29 is 28.8 Å². The Morgan fingerprint density at radius 3 is 2.00 bits per heavy atom. The average Bonchev–Trinajstić information content (AvgIpc) is 3.13. The summed E-state index contributed by atoms with van der Waals surface area (Å²) in [6, 6.07) is -0.867. The number of carbonyl (C=O) groups is 6. The molecule has 11 heteroatoms. The van der Waals surface area contributed by atoms with E-state index in [1.807, 2.05) is 39.8 Å². The fourth-order valence-corrected chi connectivity index (χ4v) is 5.33. The molecule has 0 aromatic rings. The van der Waals surface area contributed by atoms with Gasteiger partial charge in [0.25, 0.3) is 0 Å². The molecular weight excluding hydrogens is 544 g/mol. The van der Waals surface area contributed by atoms with Crippen LogP contribution in [-0.2, 0) is 28.8 Å². The van der Waals surface area contributed by atoms with E-state index in [1.54, 1.807) is 39.8 Å². The molecule has 0 spiro atoms. The van der Waals surface area contributed by atoms with Crippen LogP contribution < -0.4 is 0 Å². The molecule has 4 amide bonds. The molecule has 41 heavy (non-hydrogen) atoms. The van der Waals surface area contributed by atoms with Gasteiger partial charge in [0.2, 0.25) is 23.6 Å². The minimum Gasteiger partial charge on any atom is -0.343 e. The van der Waals surface area contributed by atoms with Gasteiger partial charge >= 0.3 is 0 Å². The lowest BCUT2D eigenvalue weighted by Crippen LogP contribution is -2.51. The third kappa shape index (κ3) is 11.9. The lowest BCUT2D eigenvalue weighted by Gasteiger charge is -2.32. The first-order valence-corrected chi connectivity index (χ1v) is 15.5. The summed E-state index contributed by atoms with van der Waals surface area (Å²) < 4.78 is 0. The van der Waals surface area contributed by atoms with E-state index < -0.39 is 22.1 Å². The predicted molar refractivity (Wildman–Crippen MR) is 162 cm³/mol. The number of thioether (sulfide) groups is 1. The fraction of sp³-hybridized carbons (Fsp3) is 0.800. The second-order valence-corrected chi connectivity index (χ2v) is 14.6. The van der Waals surface area contributed by atoms with Gasteiger partial charge in [-0.2, -0.15) is 0 Å². The number of Topliss-reactive ketones (excluding diaryl/α,β-unsaturated/α-hetero) is 2. The van der Waals surface area contributed by atoms with Gasteiger partial charge in [0.1, 0.15) is 17.6 Å². The van der Waals surface area contributed by atoms with Gasteiger partial charge in [-0.3, -0.25) is 33.7 Å². The molecule has 0 aliphatic carbocycles. The molecule has 1 fully saturated rings. The molecule has 1 saturated heterocycles. The Kier molecular flexibility index (Phi) is 14.2. The normalized spacial score (nSPS) is 16.8. The number of nitrogens with zero attached hydrogens (tertiary/aromatic N) is 4. The number of amides is 4. The van der Waals surface area contributed by atoms with E-state index >= 15 is 0 Å². The van der Waals surface area contributed by atoms with Crippen LogP contribution in [0.15, 0.2) is 0 Å². The van der Waals surface area contributed by atoms with Gasteiger partial charge < -0.3 is 14.7 Å². The van der Waals surface area contributed by atoms with Gasteiger partial charge in [-0.25, -0.2) is 0 Å². The van der Waals surface area contributed by atoms with Crippen LogP contribution in [0, 0.1) is 10.8 Å². The fourth-order valence-electron chi connectivity index (χ4n) is 4.15. The standard InChI is InChI=1S/C30H52N4O6S/c1-29(2,3)23(35)14-15-34-26(38)20-22(28(34)40)41-18-12-11-13-25(37)33(10)21(19-24(36)30(4,5)6)27(39)32(9)17-16-31(7)8/h21-22H,11-20H2,1-10H3. The molecule has 234 valence electrons. The van der Waals surface area contributed by atoms with Crippen LogP contribution >= 0.6 is 11.8 Å². The topological polar surface area (TPSA) is 115 Å². The number of imide groups is 1. The highest BCUT2D eigenvalue weighted by Crippen LogP contribution is 2.27. The Bertz CT molecular complexity index is 969. The molecular formula is C30H52N4O6S. The van der Waals surface area contributed by atoms with E-state index in [4.69, 9.17) is 0 Å². The minimum absolute atomic E-state index is 0.00996. The van der Waals surface area contributed by atoms with Crippen LogP contribution in [0.2, 0.25) is 0 Å². The Labute approximate surface area is 250 Å². The van der Waals surface area contributed by atoms with Crippen molar-refractivity contribution >= 4 is 47.0 Å². The van der Waals surface area contributed by atoms with Crippen molar-refractivity contribution in [1.29, 1.82) is 0 Å². The van der Waals surface area contributed by atoms with Crippen molar-refractivity contribution in [3.05, 3.63) is 0 Å². The Morgan fingerprint density at radius 2 is 1.46 bits per heavy atom. The van der Waals surface area contributed by atoms with Gasteiger partial charge in [0.15, 0.2) is 0 Å². The maximum atomic E-state index is 13.3. The highest BCUT2D eigenvalue weighted by molar-refractivity contribution is 8.00. The van der Waals surface area contributed by atoms with E-state index in [-0.39, 0.29) is 67.4 Å². The molecule has 0 aromatic heterocycles. The van der Waals surface area contributed by atoms with Crippen LogP contribution in [0.5, 0.6) is 0 Å². The van der Waals surface area contributed by atoms with Crippen LogP contribution in [0.25, 0.3) is 0 Å². The van der Waals surface area contributed by atoms with E-state index in [2.05, 4.69) is 0 Å². The molecule has 2 unspecified atom stereocenters. The highest BCUT2D eigenvalue weighted by Gasteiger charge is 2.39. The van der Waals surface area contributed by atoms with Gasteiger partial charge in [-0.05, 0) is 32.7 Å². The zero-order valence-electron chi connectivity index (χ0n) is 26.9. The van der Waals surface area contributed by atoms with Gasteiger partial charge in [-0.15, -0.1) is 11.8 Å². The van der Waals surface area contributed by atoms with Crippen molar-refractivity contribution in [3.8, 4) is 0 Å². The summed E-state index contributed by atoms with van der Waals surface area (Å²) in [6.45, 7) is 12.1. The van der Waals surface area contributed by atoms with Crippen molar-refractivity contribution in [2.24, 2.45) is 10.8 Å². The summed E-state index contributed by atoms with van der Waals surface area (Å²) in [5.74, 6) is -0.431. The lowest BCUT2D eigenvalue weighted by atomic mass is 9.86. The molecule has 0 aromatic carbocycles. The van der Waals surface area contributed by atoms with Gasteiger partial charge in [-0.1, -0.05) is 41.5 Å². The second kappa shape index (κ2) is 15.8. The monoisotopic (exact) mass is 596 g/mol. The molecule has 1 heterocycles. The zero-order valence-corrected chi connectivity index (χ0v) is 27.7. The molecule has 2 atom stereocenters. The maximum absolute atomic E-state index is 13.3. The number of hydrogen-bond acceptors (Lipinski definition) is 8. The van der Waals surface area contributed by atoms with Crippen molar-refractivity contribution in [2.45, 2.75) is 91.4 Å². The summed E-state index contributed by atoms with van der Waals surface area (Å²) >= 11 is 1.40. The first kappa shape index (κ1) is 36.8. The van der Waals surface area contributed by atoms with Gasteiger partial charge in [0, 0.05) is 70.2 Å². The maximum Gasteiger partial charge on any atom is 0.245 e. The van der Waals surface area contributed by atoms with Crippen molar-refractivity contribution in [3.63, 3.8) is 0 Å². The van der Waals surface area contributed by atoms with Crippen LogP contribution in [0.3, 0.4) is 0 Å². The molecule has 1 rings (SSSR count).